The van der Waals surface area contributed by atoms with Gasteiger partial charge in [0.1, 0.15) is 5.82 Å². The molecule has 0 saturated carbocycles. The highest BCUT2D eigenvalue weighted by molar-refractivity contribution is 7.11. The molecule has 0 aliphatic heterocycles. The number of hydrogen-bond donors (Lipinski definition) is 4. The smallest absolute Gasteiger partial charge is 0.241 e. The molecule has 3 rings (SSSR count). The molecule has 7 nitrogen and oxygen atoms in total. The molecule has 5 N–H and O–H groups in total. The van der Waals surface area contributed by atoms with Gasteiger partial charge < -0.3 is 5.32 Å². The predicted molar refractivity (Wildman–Crippen MR) is 85.3 cm³/mol. The first-order chi connectivity index (χ1) is 10.2. The van der Waals surface area contributed by atoms with Crippen molar-refractivity contribution in [3.05, 3.63) is 28.1 Å². The van der Waals surface area contributed by atoms with Crippen molar-refractivity contribution in [3.63, 3.8) is 0 Å². The van der Waals surface area contributed by atoms with Crippen molar-refractivity contribution in [1.29, 1.82) is 0 Å². The summed E-state index contributed by atoms with van der Waals surface area (Å²) in [5.74, 6) is 6.48. The molecule has 0 radical (unpaired) electrons. The number of aryl methyl sites for hydroxylation is 1. The summed E-state index contributed by atoms with van der Waals surface area (Å²) in [7, 11) is 0. The van der Waals surface area contributed by atoms with Crippen LogP contribution >= 0.6 is 11.3 Å². The van der Waals surface area contributed by atoms with E-state index in [2.05, 4.69) is 56.9 Å². The standard InChI is InChI=1S/C13H17N7S/c1-7(5-9-4-3-8(2)21-9)16-11-10-6-15-20-12(10)18-13(17-11)19-14/h3-4,6-7H,5,14H2,1-2H3,(H3,15,16,17,18,19,20). The fourth-order valence-electron chi connectivity index (χ4n) is 2.19. The number of nitrogens with zero attached hydrogens (tertiary/aromatic N) is 3. The van der Waals surface area contributed by atoms with Crippen molar-refractivity contribution in [3.8, 4) is 0 Å². The zero-order valence-corrected chi connectivity index (χ0v) is 12.7. The number of thiophene rings is 1. The van der Waals surface area contributed by atoms with Gasteiger partial charge in [0.05, 0.1) is 11.6 Å². The van der Waals surface area contributed by atoms with E-state index < -0.39 is 0 Å². The lowest BCUT2D eigenvalue weighted by molar-refractivity contribution is 0.796. The van der Waals surface area contributed by atoms with Crippen LogP contribution in [-0.2, 0) is 6.42 Å². The first kappa shape index (κ1) is 13.8. The maximum Gasteiger partial charge on any atom is 0.241 e. The minimum atomic E-state index is 0.238. The number of hydrazine groups is 1. The molecule has 1 atom stereocenters. The van der Waals surface area contributed by atoms with Crippen LogP contribution in [0.1, 0.15) is 16.7 Å². The van der Waals surface area contributed by atoms with Crippen molar-refractivity contribution < 1.29 is 0 Å². The minimum absolute atomic E-state index is 0.238. The molecule has 3 heterocycles. The van der Waals surface area contributed by atoms with E-state index in [0.29, 0.717) is 11.6 Å². The monoisotopic (exact) mass is 303 g/mol. The quantitative estimate of drug-likeness (QED) is 0.425. The van der Waals surface area contributed by atoms with Crippen molar-refractivity contribution in [1.82, 2.24) is 20.2 Å². The van der Waals surface area contributed by atoms with Crippen molar-refractivity contribution in [2.24, 2.45) is 5.84 Å². The summed E-state index contributed by atoms with van der Waals surface area (Å²) in [6.07, 6.45) is 2.65. The van der Waals surface area contributed by atoms with E-state index in [1.54, 1.807) is 6.20 Å². The Bertz CT molecular complexity index is 748. The molecule has 0 amide bonds. The Kier molecular flexibility index (Phi) is 3.72. The van der Waals surface area contributed by atoms with Crippen molar-refractivity contribution >= 4 is 34.1 Å². The second-order valence-electron chi connectivity index (χ2n) is 4.93. The lowest BCUT2D eigenvalue weighted by Gasteiger charge is -2.14. The summed E-state index contributed by atoms with van der Waals surface area (Å²) >= 11 is 1.82. The molecule has 0 aliphatic carbocycles. The Hall–Kier alpha value is -2.19. The first-order valence-corrected chi connectivity index (χ1v) is 7.47. The van der Waals surface area contributed by atoms with Crippen molar-refractivity contribution in [2.75, 3.05) is 10.7 Å². The fourth-order valence-corrected chi connectivity index (χ4v) is 3.21. The van der Waals surface area contributed by atoms with E-state index in [9.17, 15) is 0 Å². The maximum absolute atomic E-state index is 5.40. The van der Waals surface area contributed by atoms with Crippen LogP contribution in [0.15, 0.2) is 18.3 Å². The van der Waals surface area contributed by atoms with Gasteiger partial charge in [0, 0.05) is 22.2 Å². The van der Waals surface area contributed by atoms with Gasteiger partial charge in [0.2, 0.25) is 5.95 Å². The Balaban J connectivity index is 1.81. The number of anilines is 2. The van der Waals surface area contributed by atoms with E-state index in [-0.39, 0.29) is 6.04 Å². The van der Waals surface area contributed by atoms with Gasteiger partial charge in [0.15, 0.2) is 5.65 Å². The van der Waals surface area contributed by atoms with Crippen LogP contribution in [0.3, 0.4) is 0 Å². The van der Waals surface area contributed by atoms with E-state index in [4.69, 9.17) is 5.84 Å². The molecule has 3 aromatic rings. The number of nitrogen functional groups attached to an aromatic ring is 1. The number of rotatable bonds is 5. The highest BCUT2D eigenvalue weighted by atomic mass is 32.1. The van der Waals surface area contributed by atoms with Gasteiger partial charge in [-0.15, -0.1) is 11.3 Å². The number of aromatic nitrogens is 4. The summed E-state index contributed by atoms with van der Waals surface area (Å²) in [5, 5.41) is 11.1. The molecule has 0 saturated heterocycles. The lowest BCUT2D eigenvalue weighted by Crippen LogP contribution is -2.20. The lowest BCUT2D eigenvalue weighted by atomic mass is 10.2. The van der Waals surface area contributed by atoms with Gasteiger partial charge >= 0.3 is 0 Å². The van der Waals surface area contributed by atoms with E-state index in [1.807, 2.05) is 11.3 Å². The summed E-state index contributed by atoms with van der Waals surface area (Å²) in [5.41, 5.74) is 3.12. The second-order valence-corrected chi connectivity index (χ2v) is 6.31. The SMILES string of the molecule is Cc1ccc(CC(C)Nc2nc(NN)nc3[nH]ncc23)s1. The third-order valence-electron chi connectivity index (χ3n) is 3.13. The normalized spacial score (nSPS) is 12.5. The molecular formula is C13H17N7S. The minimum Gasteiger partial charge on any atom is -0.366 e. The average Bonchev–Trinajstić information content (AvgIpc) is 3.07. The van der Waals surface area contributed by atoms with Gasteiger partial charge in [-0.25, -0.2) is 5.84 Å². The van der Waals surface area contributed by atoms with Crippen LogP contribution in [0, 0.1) is 6.92 Å². The number of fused-ring (bicyclic) bond motifs is 1. The van der Waals surface area contributed by atoms with Gasteiger partial charge in [0.25, 0.3) is 0 Å². The third kappa shape index (κ3) is 2.96. The topological polar surface area (TPSA) is 105 Å². The molecular weight excluding hydrogens is 286 g/mol. The van der Waals surface area contributed by atoms with Crippen molar-refractivity contribution in [2.45, 2.75) is 26.3 Å². The molecule has 0 spiro atoms. The Morgan fingerprint density at radius 2 is 2.24 bits per heavy atom. The largest absolute Gasteiger partial charge is 0.366 e. The predicted octanol–water partition coefficient (Wildman–Crippen LogP) is 2.05. The number of hydrogen-bond acceptors (Lipinski definition) is 7. The molecule has 0 aliphatic rings. The highest BCUT2D eigenvalue weighted by Crippen LogP contribution is 2.22. The number of nitrogens with two attached hydrogens (primary N) is 1. The van der Waals surface area contributed by atoms with E-state index in [0.717, 1.165) is 17.6 Å². The van der Waals surface area contributed by atoms with Crippen LogP contribution < -0.4 is 16.6 Å². The molecule has 0 aromatic carbocycles. The molecule has 0 bridgehead atoms. The van der Waals surface area contributed by atoms with Crippen LogP contribution in [0.5, 0.6) is 0 Å². The van der Waals surface area contributed by atoms with E-state index in [1.165, 1.54) is 9.75 Å². The van der Waals surface area contributed by atoms with Gasteiger partial charge in [-0.2, -0.15) is 15.1 Å². The summed E-state index contributed by atoms with van der Waals surface area (Å²) in [6.45, 7) is 4.24. The first-order valence-electron chi connectivity index (χ1n) is 6.65. The molecule has 3 aromatic heterocycles. The molecule has 0 fully saturated rings. The third-order valence-corrected chi connectivity index (χ3v) is 4.15. The molecule has 8 heteroatoms. The summed E-state index contributed by atoms with van der Waals surface area (Å²) in [4.78, 5) is 11.2. The Morgan fingerprint density at radius 3 is 2.95 bits per heavy atom. The van der Waals surface area contributed by atoms with Gasteiger partial charge in [-0.05, 0) is 26.0 Å². The van der Waals surface area contributed by atoms with Gasteiger partial charge in [-0.1, -0.05) is 0 Å². The average molecular weight is 303 g/mol. The zero-order valence-electron chi connectivity index (χ0n) is 11.8. The van der Waals surface area contributed by atoms with Crippen LogP contribution in [-0.4, -0.2) is 26.2 Å². The van der Waals surface area contributed by atoms with Gasteiger partial charge in [-0.3, -0.25) is 10.5 Å². The second kappa shape index (κ2) is 5.66. The highest BCUT2D eigenvalue weighted by Gasteiger charge is 2.12. The van der Waals surface area contributed by atoms with E-state index >= 15 is 0 Å². The molecule has 21 heavy (non-hydrogen) atoms. The summed E-state index contributed by atoms with van der Waals surface area (Å²) < 4.78 is 0. The van der Waals surface area contributed by atoms with Crippen LogP contribution in [0.4, 0.5) is 11.8 Å². The molecule has 1 unspecified atom stereocenters. The Morgan fingerprint density at radius 1 is 1.38 bits per heavy atom. The number of nitrogens with one attached hydrogen (secondary N) is 3. The molecule has 110 valence electrons. The van der Waals surface area contributed by atoms with Crippen LogP contribution in [0.25, 0.3) is 11.0 Å². The zero-order chi connectivity index (χ0) is 14.8. The number of H-pyrrole nitrogens is 1. The van der Waals surface area contributed by atoms with Crippen LogP contribution in [0.2, 0.25) is 0 Å². The number of aromatic amines is 1. The Labute approximate surface area is 126 Å². The fraction of sp³-hybridized carbons (Fsp3) is 0.308. The summed E-state index contributed by atoms with van der Waals surface area (Å²) in [6, 6.07) is 4.54. The maximum atomic E-state index is 5.40.